The summed E-state index contributed by atoms with van der Waals surface area (Å²) >= 11 is 0. The number of likely N-dealkylation sites (tertiary alicyclic amines) is 1. The average molecular weight is 458 g/mol. The number of hydrogen-bond acceptors (Lipinski definition) is 2. The molecule has 1 heterocycles. The second-order valence-electron chi connectivity index (χ2n) is 6.93. The van der Waals surface area contributed by atoms with Gasteiger partial charge < -0.3 is 15.5 Å². The van der Waals surface area contributed by atoms with E-state index in [1.54, 1.807) is 0 Å². The molecule has 25 heavy (non-hydrogen) atoms. The maximum atomic E-state index is 4.30. The monoisotopic (exact) mass is 458 g/mol. The van der Waals surface area contributed by atoms with Crippen molar-refractivity contribution in [2.75, 3.05) is 26.7 Å². The van der Waals surface area contributed by atoms with Crippen molar-refractivity contribution in [2.24, 2.45) is 4.99 Å². The number of nitrogens with zero attached hydrogens (tertiary/aromatic N) is 2. The van der Waals surface area contributed by atoms with Gasteiger partial charge in [0.25, 0.3) is 0 Å². The van der Waals surface area contributed by atoms with Crippen LogP contribution in [0.1, 0.15) is 50.2 Å². The first-order valence-corrected chi connectivity index (χ1v) is 9.43. The largest absolute Gasteiger partial charge is 0.356 e. The number of rotatable bonds is 7. The molecule has 0 radical (unpaired) electrons. The van der Waals surface area contributed by atoms with Crippen LogP contribution in [0.5, 0.6) is 0 Å². The van der Waals surface area contributed by atoms with Crippen LogP contribution < -0.4 is 10.6 Å². The molecule has 2 N–H and O–H groups in total. The van der Waals surface area contributed by atoms with Crippen molar-refractivity contribution in [1.82, 2.24) is 15.5 Å². The molecule has 1 atom stereocenters. The van der Waals surface area contributed by atoms with E-state index in [1.165, 1.54) is 56.3 Å². The van der Waals surface area contributed by atoms with Crippen LogP contribution in [0.4, 0.5) is 0 Å². The van der Waals surface area contributed by atoms with E-state index < -0.39 is 0 Å². The topological polar surface area (TPSA) is 39.7 Å². The first kappa shape index (κ1) is 22.2. The minimum Gasteiger partial charge on any atom is -0.356 e. The fourth-order valence-corrected chi connectivity index (χ4v) is 3.25. The van der Waals surface area contributed by atoms with Crippen LogP contribution in [0, 0.1) is 6.92 Å². The molecule has 1 aliphatic heterocycles. The molecule has 0 aromatic heterocycles. The third-order valence-corrected chi connectivity index (χ3v) is 4.91. The van der Waals surface area contributed by atoms with Crippen LogP contribution in [0.15, 0.2) is 29.3 Å². The van der Waals surface area contributed by atoms with E-state index in [4.69, 9.17) is 0 Å². The van der Waals surface area contributed by atoms with Gasteiger partial charge in [0.2, 0.25) is 0 Å². The molecule has 1 fully saturated rings. The Balaban J connectivity index is 0.00000312. The molecule has 0 bridgehead atoms. The predicted octanol–water partition coefficient (Wildman–Crippen LogP) is 3.93. The number of unbranched alkanes of at least 4 members (excludes halogenated alkanes) is 1. The quantitative estimate of drug-likeness (QED) is 0.282. The highest BCUT2D eigenvalue weighted by Gasteiger charge is 2.16. The Morgan fingerprint density at radius 1 is 1.16 bits per heavy atom. The van der Waals surface area contributed by atoms with E-state index in [9.17, 15) is 0 Å². The zero-order valence-electron chi connectivity index (χ0n) is 16.1. The fraction of sp³-hybridized carbons (Fsp3) is 0.650. The third-order valence-electron chi connectivity index (χ3n) is 4.91. The Morgan fingerprint density at radius 3 is 2.60 bits per heavy atom. The third kappa shape index (κ3) is 8.40. The van der Waals surface area contributed by atoms with E-state index in [0.717, 1.165) is 25.1 Å². The van der Waals surface area contributed by atoms with Gasteiger partial charge in [-0.2, -0.15) is 0 Å². The van der Waals surface area contributed by atoms with Crippen LogP contribution in [-0.4, -0.2) is 43.6 Å². The van der Waals surface area contributed by atoms with E-state index in [-0.39, 0.29) is 24.0 Å². The second kappa shape index (κ2) is 12.5. The lowest BCUT2D eigenvalue weighted by Crippen LogP contribution is -2.39. The molecule has 0 amide bonds. The number of benzene rings is 1. The molecule has 0 saturated carbocycles. The van der Waals surface area contributed by atoms with Gasteiger partial charge in [-0.15, -0.1) is 24.0 Å². The van der Waals surface area contributed by atoms with Gasteiger partial charge >= 0.3 is 0 Å². The lowest BCUT2D eigenvalue weighted by atomic mass is 10.0. The number of hydrogen-bond donors (Lipinski definition) is 2. The minimum absolute atomic E-state index is 0. The Hall–Kier alpha value is -0.820. The molecule has 5 heteroatoms. The van der Waals surface area contributed by atoms with Crippen molar-refractivity contribution in [1.29, 1.82) is 0 Å². The van der Waals surface area contributed by atoms with E-state index in [1.807, 2.05) is 7.05 Å². The van der Waals surface area contributed by atoms with Gasteiger partial charge in [-0.05, 0) is 58.2 Å². The summed E-state index contributed by atoms with van der Waals surface area (Å²) in [5.41, 5.74) is 2.58. The molecule has 1 aliphatic rings. The maximum absolute atomic E-state index is 4.30. The van der Waals surface area contributed by atoms with Gasteiger partial charge in [0.15, 0.2) is 5.96 Å². The Labute approximate surface area is 170 Å². The molecular formula is C20H35IN4. The van der Waals surface area contributed by atoms with Gasteiger partial charge in [-0.3, -0.25) is 4.99 Å². The van der Waals surface area contributed by atoms with Crippen LogP contribution in [-0.2, 0) is 6.54 Å². The Kier molecular flexibility index (Phi) is 11.1. The number of guanidine groups is 1. The molecule has 2 rings (SSSR count). The molecule has 1 aromatic carbocycles. The zero-order valence-corrected chi connectivity index (χ0v) is 18.4. The van der Waals surface area contributed by atoms with Crippen LogP contribution in [0.3, 0.4) is 0 Å². The van der Waals surface area contributed by atoms with Gasteiger partial charge in [-0.25, -0.2) is 0 Å². The highest BCUT2D eigenvalue weighted by atomic mass is 127. The molecule has 142 valence electrons. The summed E-state index contributed by atoms with van der Waals surface area (Å²) in [6, 6.07) is 9.39. The van der Waals surface area contributed by atoms with Crippen molar-refractivity contribution < 1.29 is 0 Å². The summed E-state index contributed by atoms with van der Waals surface area (Å²) in [5.74, 6) is 0.891. The molecule has 1 unspecified atom stereocenters. The van der Waals surface area contributed by atoms with Gasteiger partial charge in [0.1, 0.15) is 0 Å². The van der Waals surface area contributed by atoms with Crippen LogP contribution in [0.2, 0.25) is 0 Å². The van der Waals surface area contributed by atoms with Crippen molar-refractivity contribution in [2.45, 2.75) is 58.5 Å². The first-order chi connectivity index (χ1) is 11.7. The second-order valence-corrected chi connectivity index (χ2v) is 6.93. The van der Waals surface area contributed by atoms with Crippen molar-refractivity contribution in [3.05, 3.63) is 35.4 Å². The van der Waals surface area contributed by atoms with Crippen LogP contribution in [0.25, 0.3) is 0 Å². The summed E-state index contributed by atoms with van der Waals surface area (Å²) < 4.78 is 0. The Morgan fingerprint density at radius 2 is 1.92 bits per heavy atom. The van der Waals surface area contributed by atoms with Crippen molar-refractivity contribution in [3.63, 3.8) is 0 Å². The number of aryl methyl sites for hydroxylation is 1. The average Bonchev–Trinajstić information content (AvgIpc) is 2.60. The van der Waals surface area contributed by atoms with Gasteiger partial charge in [-0.1, -0.05) is 36.2 Å². The molecule has 1 saturated heterocycles. The highest BCUT2D eigenvalue weighted by molar-refractivity contribution is 14.0. The van der Waals surface area contributed by atoms with Crippen molar-refractivity contribution >= 4 is 29.9 Å². The highest BCUT2D eigenvalue weighted by Crippen LogP contribution is 2.16. The summed E-state index contributed by atoms with van der Waals surface area (Å²) in [4.78, 5) is 6.95. The number of piperidine rings is 1. The normalized spacial score (nSPS) is 18.5. The number of halogens is 1. The summed E-state index contributed by atoms with van der Waals surface area (Å²) in [7, 11) is 1.83. The summed E-state index contributed by atoms with van der Waals surface area (Å²) in [6.07, 6.45) is 6.59. The smallest absolute Gasteiger partial charge is 0.191 e. The van der Waals surface area contributed by atoms with E-state index >= 15 is 0 Å². The van der Waals surface area contributed by atoms with E-state index in [2.05, 4.69) is 58.6 Å². The molecule has 0 aliphatic carbocycles. The molecule has 1 aromatic rings. The van der Waals surface area contributed by atoms with Gasteiger partial charge in [0, 0.05) is 26.2 Å². The standard InChI is InChI=1S/C20H34N4.HI/c1-17-9-11-19(12-10-17)16-23-20(21-3)22-13-5-7-15-24-14-6-4-8-18(24)2;/h9-12,18H,4-8,13-16H2,1-3H3,(H2,21,22,23);1H. The fourth-order valence-electron chi connectivity index (χ4n) is 3.25. The SMILES string of the molecule is CN=C(NCCCCN1CCCCC1C)NCc1ccc(C)cc1.I. The van der Waals surface area contributed by atoms with E-state index in [0.29, 0.717) is 0 Å². The lowest BCUT2D eigenvalue weighted by Gasteiger charge is -2.33. The minimum atomic E-state index is 0. The first-order valence-electron chi connectivity index (χ1n) is 9.43. The predicted molar refractivity (Wildman–Crippen MR) is 119 cm³/mol. The molecular weight excluding hydrogens is 423 g/mol. The van der Waals surface area contributed by atoms with Crippen LogP contribution >= 0.6 is 24.0 Å². The number of nitrogens with one attached hydrogen (secondary N) is 2. The number of aliphatic imine (C=N–C) groups is 1. The van der Waals surface area contributed by atoms with Gasteiger partial charge in [0.05, 0.1) is 0 Å². The zero-order chi connectivity index (χ0) is 17.2. The molecule has 4 nitrogen and oxygen atoms in total. The summed E-state index contributed by atoms with van der Waals surface area (Å²) in [6.45, 7) is 8.80. The molecule has 0 spiro atoms. The summed E-state index contributed by atoms with van der Waals surface area (Å²) in [5, 5.41) is 6.80. The maximum Gasteiger partial charge on any atom is 0.191 e. The Bertz CT molecular complexity index is 501. The van der Waals surface area contributed by atoms with Crippen molar-refractivity contribution in [3.8, 4) is 0 Å². The lowest BCUT2D eigenvalue weighted by molar-refractivity contribution is 0.158.